The molecule has 1 aromatic heterocycles. The van der Waals surface area contributed by atoms with E-state index in [0.717, 1.165) is 11.4 Å². The highest BCUT2D eigenvalue weighted by Crippen LogP contribution is 2.29. The molecule has 2 N–H and O–H groups in total. The van der Waals surface area contributed by atoms with Crippen LogP contribution in [0.5, 0.6) is 11.5 Å². The number of nitrogens with zero attached hydrogens (tertiary/aromatic N) is 3. The number of carbonyl (C=O) groups is 1. The predicted molar refractivity (Wildman–Crippen MR) is 134 cm³/mol. The summed E-state index contributed by atoms with van der Waals surface area (Å²) in [5.74, 6) is 1.39. The summed E-state index contributed by atoms with van der Waals surface area (Å²) in [6.45, 7) is 0.364. The second-order valence-corrected chi connectivity index (χ2v) is 8.28. The molecule has 0 aliphatic rings. The number of hydrogen-bond donors (Lipinski definition) is 2. The van der Waals surface area contributed by atoms with E-state index < -0.39 is 0 Å². The van der Waals surface area contributed by atoms with Gasteiger partial charge in [-0.15, -0.1) is 10.2 Å². The van der Waals surface area contributed by atoms with Gasteiger partial charge in [0, 0.05) is 17.4 Å². The first-order valence-corrected chi connectivity index (χ1v) is 11.7. The summed E-state index contributed by atoms with van der Waals surface area (Å²) in [5.41, 5.74) is 2.18. The van der Waals surface area contributed by atoms with Crippen LogP contribution in [0.1, 0.15) is 5.82 Å². The molecule has 0 aliphatic heterocycles. The SMILES string of the molecule is COc1ccc(NC(=O)CSc2nnc(CNc3ccc(F)cc3)n2-c2ccccc2)c(OC)c1. The highest BCUT2D eigenvalue weighted by Gasteiger charge is 2.17. The van der Waals surface area contributed by atoms with Crippen molar-refractivity contribution in [3.05, 3.63) is 84.4 Å². The number of methoxy groups -OCH3 is 2. The molecule has 1 amide bonds. The van der Waals surface area contributed by atoms with Gasteiger partial charge in [-0.2, -0.15) is 0 Å². The number of halogens is 1. The Morgan fingerprint density at radius 2 is 1.77 bits per heavy atom. The fourth-order valence-corrected chi connectivity index (χ4v) is 4.08. The monoisotopic (exact) mass is 493 g/mol. The molecule has 0 unspecified atom stereocenters. The third-order valence-electron chi connectivity index (χ3n) is 5.02. The normalized spacial score (nSPS) is 10.6. The molecule has 0 atom stereocenters. The highest BCUT2D eigenvalue weighted by molar-refractivity contribution is 7.99. The Kier molecular flexibility index (Phi) is 7.84. The molecular weight excluding hydrogens is 469 g/mol. The quantitative estimate of drug-likeness (QED) is 0.308. The van der Waals surface area contributed by atoms with Crippen molar-refractivity contribution in [3.8, 4) is 17.2 Å². The van der Waals surface area contributed by atoms with Crippen LogP contribution in [0.15, 0.2) is 78.0 Å². The average molecular weight is 494 g/mol. The first-order valence-electron chi connectivity index (χ1n) is 10.7. The van der Waals surface area contributed by atoms with Crippen LogP contribution in [-0.4, -0.2) is 40.6 Å². The summed E-state index contributed by atoms with van der Waals surface area (Å²) >= 11 is 1.27. The average Bonchev–Trinajstić information content (AvgIpc) is 3.30. The molecular formula is C25H24FN5O3S. The number of thioether (sulfide) groups is 1. The number of ether oxygens (including phenoxy) is 2. The van der Waals surface area contributed by atoms with Gasteiger partial charge < -0.3 is 20.1 Å². The smallest absolute Gasteiger partial charge is 0.234 e. The van der Waals surface area contributed by atoms with E-state index in [4.69, 9.17) is 9.47 Å². The first kappa shape index (κ1) is 24.1. The number of aromatic nitrogens is 3. The Labute approximate surface area is 206 Å². The molecule has 180 valence electrons. The summed E-state index contributed by atoms with van der Waals surface area (Å²) in [6, 6.07) is 20.9. The minimum absolute atomic E-state index is 0.117. The third-order valence-corrected chi connectivity index (χ3v) is 5.95. The van der Waals surface area contributed by atoms with Crippen molar-refractivity contribution in [2.75, 3.05) is 30.6 Å². The minimum atomic E-state index is -0.299. The summed E-state index contributed by atoms with van der Waals surface area (Å²) in [7, 11) is 3.10. The predicted octanol–water partition coefficient (Wildman–Crippen LogP) is 4.77. The van der Waals surface area contributed by atoms with E-state index >= 15 is 0 Å². The van der Waals surface area contributed by atoms with Crippen LogP contribution in [-0.2, 0) is 11.3 Å². The van der Waals surface area contributed by atoms with E-state index in [1.54, 1.807) is 37.4 Å². The second-order valence-electron chi connectivity index (χ2n) is 7.33. The zero-order valence-electron chi connectivity index (χ0n) is 19.2. The van der Waals surface area contributed by atoms with E-state index in [2.05, 4.69) is 20.8 Å². The number of carbonyl (C=O) groups excluding carboxylic acids is 1. The molecule has 0 spiro atoms. The molecule has 8 nitrogen and oxygen atoms in total. The van der Waals surface area contributed by atoms with Crippen molar-refractivity contribution < 1.29 is 18.7 Å². The van der Waals surface area contributed by atoms with Gasteiger partial charge in [0.05, 0.1) is 32.2 Å². The summed E-state index contributed by atoms with van der Waals surface area (Å²) in [4.78, 5) is 12.7. The van der Waals surface area contributed by atoms with E-state index in [-0.39, 0.29) is 17.5 Å². The van der Waals surface area contributed by atoms with Gasteiger partial charge in [0.1, 0.15) is 17.3 Å². The lowest BCUT2D eigenvalue weighted by Crippen LogP contribution is -2.15. The fourth-order valence-electron chi connectivity index (χ4n) is 3.31. The summed E-state index contributed by atoms with van der Waals surface area (Å²) < 4.78 is 25.6. The first-order chi connectivity index (χ1) is 17.1. The number of para-hydroxylation sites is 1. The van der Waals surface area contributed by atoms with Crippen LogP contribution < -0.4 is 20.1 Å². The Bertz CT molecular complexity index is 1280. The van der Waals surface area contributed by atoms with Gasteiger partial charge in [-0.25, -0.2) is 4.39 Å². The van der Waals surface area contributed by atoms with Gasteiger partial charge in [-0.3, -0.25) is 9.36 Å². The molecule has 35 heavy (non-hydrogen) atoms. The number of hydrogen-bond acceptors (Lipinski definition) is 7. The van der Waals surface area contributed by atoms with Gasteiger partial charge >= 0.3 is 0 Å². The lowest BCUT2D eigenvalue weighted by molar-refractivity contribution is -0.113. The molecule has 10 heteroatoms. The summed E-state index contributed by atoms with van der Waals surface area (Å²) in [6.07, 6.45) is 0. The van der Waals surface area contributed by atoms with Crippen molar-refractivity contribution in [1.29, 1.82) is 0 Å². The van der Waals surface area contributed by atoms with Crippen LogP contribution >= 0.6 is 11.8 Å². The number of amides is 1. The topological polar surface area (TPSA) is 90.3 Å². The lowest BCUT2D eigenvalue weighted by Gasteiger charge is -2.13. The molecule has 0 saturated heterocycles. The Morgan fingerprint density at radius 3 is 2.49 bits per heavy atom. The highest BCUT2D eigenvalue weighted by atomic mass is 32.2. The van der Waals surface area contributed by atoms with Crippen molar-refractivity contribution in [3.63, 3.8) is 0 Å². The van der Waals surface area contributed by atoms with Crippen molar-refractivity contribution >= 4 is 29.0 Å². The molecule has 3 aromatic carbocycles. The van der Waals surface area contributed by atoms with Gasteiger partial charge in [0.2, 0.25) is 5.91 Å². The van der Waals surface area contributed by atoms with E-state index in [9.17, 15) is 9.18 Å². The van der Waals surface area contributed by atoms with Gasteiger partial charge in [0.15, 0.2) is 11.0 Å². The van der Waals surface area contributed by atoms with Crippen LogP contribution in [0.4, 0.5) is 15.8 Å². The molecule has 1 heterocycles. The number of nitrogens with one attached hydrogen (secondary N) is 2. The third kappa shape index (κ3) is 6.10. The molecule has 0 fully saturated rings. The maximum Gasteiger partial charge on any atom is 0.234 e. The largest absolute Gasteiger partial charge is 0.497 e. The zero-order valence-corrected chi connectivity index (χ0v) is 20.0. The van der Waals surface area contributed by atoms with Gasteiger partial charge in [0.25, 0.3) is 0 Å². The molecule has 0 saturated carbocycles. The maximum absolute atomic E-state index is 13.2. The van der Waals surface area contributed by atoms with Gasteiger partial charge in [-0.05, 0) is 48.5 Å². The van der Waals surface area contributed by atoms with Crippen LogP contribution in [0.2, 0.25) is 0 Å². The van der Waals surface area contributed by atoms with Gasteiger partial charge in [-0.1, -0.05) is 30.0 Å². The zero-order chi connectivity index (χ0) is 24.6. The Morgan fingerprint density at radius 1 is 1.00 bits per heavy atom. The summed E-state index contributed by atoms with van der Waals surface area (Å²) in [5, 5.41) is 15.3. The maximum atomic E-state index is 13.2. The molecule has 0 aliphatic carbocycles. The fraction of sp³-hybridized carbons (Fsp3) is 0.160. The molecule has 4 aromatic rings. The van der Waals surface area contributed by atoms with Crippen molar-refractivity contribution in [2.24, 2.45) is 0 Å². The number of benzene rings is 3. The Balaban J connectivity index is 1.48. The molecule has 0 bridgehead atoms. The standard InChI is InChI=1S/C25H24FN5O3S/c1-33-20-12-13-21(22(14-20)34-2)28-24(32)16-35-25-30-29-23(31(25)19-6-4-3-5-7-19)15-27-18-10-8-17(26)9-11-18/h3-14,27H,15-16H2,1-2H3,(H,28,32). The number of anilines is 2. The van der Waals surface area contributed by atoms with Crippen molar-refractivity contribution in [1.82, 2.24) is 14.8 Å². The van der Waals surface area contributed by atoms with Crippen LogP contribution in [0.25, 0.3) is 5.69 Å². The number of rotatable bonds is 10. The minimum Gasteiger partial charge on any atom is -0.497 e. The molecule has 0 radical (unpaired) electrons. The molecule has 4 rings (SSSR count). The van der Waals surface area contributed by atoms with E-state index in [0.29, 0.717) is 34.7 Å². The van der Waals surface area contributed by atoms with E-state index in [1.807, 2.05) is 34.9 Å². The van der Waals surface area contributed by atoms with Crippen LogP contribution in [0, 0.1) is 5.82 Å². The van der Waals surface area contributed by atoms with E-state index in [1.165, 1.54) is 31.0 Å². The van der Waals surface area contributed by atoms with Crippen LogP contribution in [0.3, 0.4) is 0 Å². The Hall–Kier alpha value is -4.05. The lowest BCUT2D eigenvalue weighted by atomic mass is 10.2. The van der Waals surface area contributed by atoms with Crippen molar-refractivity contribution in [2.45, 2.75) is 11.7 Å². The second kappa shape index (κ2) is 11.4.